The highest BCUT2D eigenvalue weighted by molar-refractivity contribution is 9.10. The predicted molar refractivity (Wildman–Crippen MR) is 98.8 cm³/mol. The molecule has 0 saturated heterocycles. The number of carbonyl (C=O) groups excluding carboxylic acids is 1. The van der Waals surface area contributed by atoms with Crippen LogP contribution in [0.4, 0.5) is 11.4 Å². The van der Waals surface area contributed by atoms with Crippen LogP contribution < -0.4 is 10.1 Å². The summed E-state index contributed by atoms with van der Waals surface area (Å²) in [5.74, 6) is 0.552. The molecule has 0 aromatic heterocycles. The van der Waals surface area contributed by atoms with Gasteiger partial charge in [0.15, 0.2) is 0 Å². The van der Waals surface area contributed by atoms with E-state index in [0.29, 0.717) is 12.2 Å². The van der Waals surface area contributed by atoms with Crippen LogP contribution in [0.5, 0.6) is 5.75 Å². The van der Waals surface area contributed by atoms with Crippen molar-refractivity contribution in [1.29, 1.82) is 0 Å². The zero-order valence-electron chi connectivity index (χ0n) is 13.9. The van der Waals surface area contributed by atoms with E-state index in [0.717, 1.165) is 15.8 Å². The molecule has 0 radical (unpaired) electrons. The number of non-ortho nitro benzene ring substituents is 1. The summed E-state index contributed by atoms with van der Waals surface area (Å²) in [6.07, 6.45) is 0. The van der Waals surface area contributed by atoms with Crippen LogP contribution in [0, 0.1) is 10.1 Å². The van der Waals surface area contributed by atoms with Crippen molar-refractivity contribution in [2.24, 2.45) is 0 Å². The molecular formula is C17H18BrN3O4. The second-order valence-electron chi connectivity index (χ2n) is 5.48. The Labute approximate surface area is 153 Å². The number of nitrogens with one attached hydrogen (secondary N) is 1. The Kier molecular flexibility index (Phi) is 6.49. The molecule has 2 aromatic rings. The average molecular weight is 408 g/mol. The molecule has 0 heterocycles. The maximum absolute atomic E-state index is 12.1. The second kappa shape index (κ2) is 8.59. The molecule has 0 atom stereocenters. The molecule has 0 spiro atoms. The minimum Gasteiger partial charge on any atom is -0.496 e. The summed E-state index contributed by atoms with van der Waals surface area (Å²) in [6, 6.07) is 11.4. The Hall–Kier alpha value is -2.45. The van der Waals surface area contributed by atoms with Crippen molar-refractivity contribution in [3.05, 3.63) is 62.6 Å². The van der Waals surface area contributed by atoms with Gasteiger partial charge in [0.1, 0.15) is 5.75 Å². The predicted octanol–water partition coefficient (Wildman–Crippen LogP) is 3.44. The van der Waals surface area contributed by atoms with Crippen molar-refractivity contribution in [2.75, 3.05) is 26.0 Å². The highest BCUT2D eigenvalue weighted by Gasteiger charge is 2.12. The molecule has 132 valence electrons. The number of rotatable bonds is 7. The van der Waals surface area contributed by atoms with Gasteiger partial charge < -0.3 is 10.1 Å². The van der Waals surface area contributed by atoms with Gasteiger partial charge in [-0.05, 0) is 37.4 Å². The fourth-order valence-corrected chi connectivity index (χ4v) is 2.74. The lowest BCUT2D eigenvalue weighted by Crippen LogP contribution is -2.30. The maximum Gasteiger partial charge on any atom is 0.269 e. The van der Waals surface area contributed by atoms with Gasteiger partial charge in [-0.15, -0.1) is 0 Å². The van der Waals surface area contributed by atoms with E-state index in [-0.39, 0.29) is 18.1 Å². The lowest BCUT2D eigenvalue weighted by molar-refractivity contribution is -0.384. The summed E-state index contributed by atoms with van der Waals surface area (Å²) in [4.78, 5) is 24.1. The number of amides is 1. The van der Waals surface area contributed by atoms with Gasteiger partial charge in [0.25, 0.3) is 5.69 Å². The molecule has 0 aliphatic heterocycles. The van der Waals surface area contributed by atoms with E-state index in [1.54, 1.807) is 7.11 Å². The standard InChI is InChI=1S/C17H18BrN3O4/c1-20(10-12-9-13(18)3-8-16(12)25-2)11-17(22)19-14-4-6-15(7-5-14)21(23)24/h3-9H,10-11H2,1-2H3,(H,19,22). The minimum atomic E-state index is -0.481. The minimum absolute atomic E-state index is 0.0168. The first-order chi connectivity index (χ1) is 11.9. The van der Waals surface area contributed by atoms with Gasteiger partial charge in [0, 0.05) is 34.4 Å². The van der Waals surface area contributed by atoms with Gasteiger partial charge in [0.05, 0.1) is 18.6 Å². The van der Waals surface area contributed by atoms with Crippen LogP contribution in [0.3, 0.4) is 0 Å². The van der Waals surface area contributed by atoms with Gasteiger partial charge in [-0.1, -0.05) is 15.9 Å². The molecule has 0 fully saturated rings. The molecule has 25 heavy (non-hydrogen) atoms. The van der Waals surface area contributed by atoms with Crippen molar-refractivity contribution in [2.45, 2.75) is 6.54 Å². The quantitative estimate of drug-likeness (QED) is 0.561. The smallest absolute Gasteiger partial charge is 0.269 e. The first-order valence-corrected chi connectivity index (χ1v) is 8.23. The number of carbonyl (C=O) groups is 1. The summed E-state index contributed by atoms with van der Waals surface area (Å²) >= 11 is 3.43. The lowest BCUT2D eigenvalue weighted by atomic mass is 10.2. The van der Waals surface area contributed by atoms with E-state index in [1.807, 2.05) is 30.1 Å². The number of ether oxygens (including phenoxy) is 1. The number of likely N-dealkylation sites (N-methyl/N-ethyl adjacent to an activating group) is 1. The third-order valence-electron chi connectivity index (χ3n) is 3.46. The van der Waals surface area contributed by atoms with E-state index in [2.05, 4.69) is 21.2 Å². The number of nitrogens with zero attached hydrogens (tertiary/aromatic N) is 2. The van der Waals surface area contributed by atoms with Crippen molar-refractivity contribution < 1.29 is 14.5 Å². The number of nitro benzene ring substituents is 1. The monoisotopic (exact) mass is 407 g/mol. The molecule has 1 amide bonds. The third kappa shape index (κ3) is 5.54. The third-order valence-corrected chi connectivity index (χ3v) is 3.95. The van der Waals surface area contributed by atoms with Crippen LogP contribution in [0.25, 0.3) is 0 Å². The van der Waals surface area contributed by atoms with Gasteiger partial charge in [-0.3, -0.25) is 19.8 Å². The number of halogens is 1. The number of nitro groups is 1. The Balaban J connectivity index is 1.94. The molecule has 1 N–H and O–H groups in total. The van der Waals surface area contributed by atoms with Crippen LogP contribution >= 0.6 is 15.9 Å². The average Bonchev–Trinajstić information content (AvgIpc) is 2.55. The van der Waals surface area contributed by atoms with Gasteiger partial charge in [0.2, 0.25) is 5.91 Å². The zero-order valence-corrected chi connectivity index (χ0v) is 15.4. The van der Waals surface area contributed by atoms with Crippen LogP contribution in [0.15, 0.2) is 46.9 Å². The molecule has 0 aliphatic rings. The van der Waals surface area contributed by atoms with Gasteiger partial charge in [-0.25, -0.2) is 0 Å². The van der Waals surface area contributed by atoms with Crippen molar-refractivity contribution in [1.82, 2.24) is 4.90 Å². The molecule has 8 heteroatoms. The number of benzene rings is 2. The van der Waals surface area contributed by atoms with Gasteiger partial charge in [-0.2, -0.15) is 0 Å². The molecular weight excluding hydrogens is 390 g/mol. The SMILES string of the molecule is COc1ccc(Br)cc1CN(C)CC(=O)Nc1ccc([N+](=O)[O-])cc1. The molecule has 0 aliphatic carbocycles. The molecule has 7 nitrogen and oxygen atoms in total. The Morgan fingerprint density at radius 1 is 1.28 bits per heavy atom. The molecule has 2 aromatic carbocycles. The van der Waals surface area contributed by atoms with Crippen molar-refractivity contribution >= 4 is 33.2 Å². The lowest BCUT2D eigenvalue weighted by Gasteiger charge is -2.18. The van der Waals surface area contributed by atoms with E-state index in [1.165, 1.54) is 24.3 Å². The van der Waals surface area contributed by atoms with E-state index in [9.17, 15) is 14.9 Å². The highest BCUT2D eigenvalue weighted by Crippen LogP contribution is 2.24. The molecule has 2 rings (SSSR count). The van der Waals surface area contributed by atoms with Crippen LogP contribution in [-0.2, 0) is 11.3 Å². The number of hydrogen-bond donors (Lipinski definition) is 1. The van der Waals surface area contributed by atoms with Gasteiger partial charge >= 0.3 is 0 Å². The molecule has 0 saturated carbocycles. The largest absolute Gasteiger partial charge is 0.496 e. The summed E-state index contributed by atoms with van der Waals surface area (Å²) in [5, 5.41) is 13.3. The van der Waals surface area contributed by atoms with E-state index >= 15 is 0 Å². The van der Waals surface area contributed by atoms with E-state index in [4.69, 9.17) is 4.74 Å². The first-order valence-electron chi connectivity index (χ1n) is 7.44. The van der Waals surface area contributed by atoms with Crippen molar-refractivity contribution in [3.8, 4) is 5.75 Å². The summed E-state index contributed by atoms with van der Waals surface area (Å²) in [5.41, 5.74) is 1.46. The number of methoxy groups -OCH3 is 1. The first kappa shape index (κ1) is 18.9. The number of anilines is 1. The Morgan fingerprint density at radius 3 is 2.56 bits per heavy atom. The van der Waals surface area contributed by atoms with Crippen LogP contribution in [0.1, 0.15) is 5.56 Å². The maximum atomic E-state index is 12.1. The van der Waals surface area contributed by atoms with Crippen LogP contribution in [0.2, 0.25) is 0 Å². The topological polar surface area (TPSA) is 84.7 Å². The Bertz CT molecular complexity index is 765. The Morgan fingerprint density at radius 2 is 1.96 bits per heavy atom. The van der Waals surface area contributed by atoms with E-state index < -0.39 is 4.92 Å². The normalized spacial score (nSPS) is 10.6. The molecule has 0 bridgehead atoms. The number of hydrogen-bond acceptors (Lipinski definition) is 5. The van der Waals surface area contributed by atoms with Crippen LogP contribution in [-0.4, -0.2) is 36.4 Å². The molecule has 0 unspecified atom stereocenters. The summed E-state index contributed by atoms with van der Waals surface area (Å²) in [6.45, 7) is 0.711. The fourth-order valence-electron chi connectivity index (χ4n) is 2.33. The second-order valence-corrected chi connectivity index (χ2v) is 6.40. The highest BCUT2D eigenvalue weighted by atomic mass is 79.9. The summed E-state index contributed by atoms with van der Waals surface area (Å²) < 4.78 is 6.27. The fraction of sp³-hybridized carbons (Fsp3) is 0.235. The van der Waals surface area contributed by atoms with Crippen molar-refractivity contribution in [3.63, 3.8) is 0 Å². The zero-order chi connectivity index (χ0) is 18.4. The summed E-state index contributed by atoms with van der Waals surface area (Å²) in [7, 11) is 3.43.